The van der Waals surface area contributed by atoms with Gasteiger partial charge in [0.25, 0.3) is 17.7 Å². The van der Waals surface area contributed by atoms with Crippen molar-refractivity contribution in [2.45, 2.75) is 44.7 Å². The number of fused-ring (bicyclic) bond motifs is 3. The molecule has 1 saturated carbocycles. The second kappa shape index (κ2) is 12.8. The van der Waals surface area contributed by atoms with Crippen molar-refractivity contribution in [2.75, 3.05) is 55.8 Å². The fourth-order valence-electron chi connectivity index (χ4n) is 7.15. The van der Waals surface area contributed by atoms with E-state index in [9.17, 15) is 19.2 Å². The van der Waals surface area contributed by atoms with Gasteiger partial charge in [-0.2, -0.15) is 5.10 Å². The molecular formula is C36H39N11O4. The van der Waals surface area contributed by atoms with Crippen LogP contribution in [0.5, 0.6) is 0 Å². The monoisotopic (exact) mass is 689 g/mol. The minimum Gasteiger partial charge on any atom is -0.364 e. The van der Waals surface area contributed by atoms with E-state index in [1.807, 2.05) is 36.1 Å². The largest absolute Gasteiger partial charge is 0.364 e. The smallest absolute Gasteiger partial charge is 0.273 e. The van der Waals surface area contributed by atoms with Crippen LogP contribution in [-0.2, 0) is 4.79 Å². The van der Waals surface area contributed by atoms with Gasteiger partial charge in [-0.25, -0.2) is 4.98 Å². The number of hydrogen-bond acceptors (Lipinski definition) is 10. The molecule has 3 aromatic heterocycles. The molecule has 4 amide bonds. The third kappa shape index (κ3) is 5.81. The quantitative estimate of drug-likeness (QED) is 0.248. The molecule has 2 saturated heterocycles. The van der Waals surface area contributed by atoms with E-state index in [1.165, 1.54) is 7.05 Å². The van der Waals surface area contributed by atoms with Crippen LogP contribution in [0.1, 0.15) is 81.9 Å². The molecule has 0 radical (unpaired) electrons. The summed E-state index contributed by atoms with van der Waals surface area (Å²) < 4.78 is 2.02. The Morgan fingerprint density at radius 3 is 2.27 bits per heavy atom. The SMILES string of the molecule is CNC(=O)c1nnc(NC(=O)C2CC2)cc1Nc1cccc2c1N(C)[C@@H](C)c1c-2cnn1C1CN(C(=O)c2cccc(C(=O)N3CCCC3)n2)C1. The Bertz CT molecular complexity index is 2060. The van der Waals surface area contributed by atoms with E-state index in [4.69, 9.17) is 5.10 Å². The first-order valence-electron chi connectivity index (χ1n) is 17.4. The highest BCUT2D eigenvalue weighted by Crippen LogP contribution is 2.49. The predicted molar refractivity (Wildman–Crippen MR) is 189 cm³/mol. The van der Waals surface area contributed by atoms with Gasteiger partial charge in [0, 0.05) is 63.4 Å². The van der Waals surface area contributed by atoms with Crippen LogP contribution in [0.4, 0.5) is 22.9 Å². The predicted octanol–water partition coefficient (Wildman–Crippen LogP) is 3.63. The van der Waals surface area contributed by atoms with E-state index in [-0.39, 0.29) is 52.9 Å². The van der Waals surface area contributed by atoms with Gasteiger partial charge in [0.2, 0.25) is 5.91 Å². The molecule has 51 heavy (non-hydrogen) atoms. The van der Waals surface area contributed by atoms with Crippen molar-refractivity contribution in [3.63, 3.8) is 0 Å². The van der Waals surface area contributed by atoms with Crippen molar-refractivity contribution >= 4 is 46.5 Å². The van der Waals surface area contributed by atoms with Gasteiger partial charge in [-0.3, -0.25) is 23.9 Å². The highest BCUT2D eigenvalue weighted by Gasteiger charge is 2.39. The van der Waals surface area contributed by atoms with E-state index in [1.54, 1.807) is 34.1 Å². The topological polar surface area (TPSA) is 171 Å². The van der Waals surface area contributed by atoms with Crippen molar-refractivity contribution in [3.05, 3.63) is 71.4 Å². The van der Waals surface area contributed by atoms with E-state index < -0.39 is 5.91 Å². The van der Waals surface area contributed by atoms with Crippen LogP contribution in [0.3, 0.4) is 0 Å². The normalized spacial score (nSPS) is 18.1. The lowest BCUT2D eigenvalue weighted by Crippen LogP contribution is -2.52. The maximum Gasteiger partial charge on any atom is 0.273 e. The molecular weight excluding hydrogens is 650 g/mol. The standard InChI is InChI=1S/C36H39N11O4/c1-20-31-24(17-38-47(31)22-18-46(19-22)36(51)27-11-7-10-26(40-27)35(50)45-14-4-5-15-45)23-8-6-9-25(32(23)44(20)3)39-28-16-29(41-33(48)21-12-13-21)42-43-30(28)34(49)37-2/h6-11,16-17,20-22H,4-5,12-15,18-19H2,1-3H3,(H,37,49)(H2,39,41,42,48)/t20-/m0/s1. The number of para-hydroxylation sites is 1. The molecule has 3 aliphatic heterocycles. The fourth-order valence-corrected chi connectivity index (χ4v) is 7.15. The third-order valence-electron chi connectivity index (χ3n) is 10.3. The Labute approximate surface area is 294 Å². The highest BCUT2D eigenvalue weighted by molar-refractivity contribution is 6.01. The zero-order chi connectivity index (χ0) is 35.4. The molecule has 0 unspecified atom stereocenters. The molecule has 6 heterocycles. The van der Waals surface area contributed by atoms with Crippen LogP contribution >= 0.6 is 0 Å². The number of rotatable bonds is 8. The van der Waals surface area contributed by atoms with Gasteiger partial charge < -0.3 is 30.7 Å². The van der Waals surface area contributed by atoms with Crippen molar-refractivity contribution in [2.24, 2.45) is 5.92 Å². The van der Waals surface area contributed by atoms with Gasteiger partial charge in [0.05, 0.1) is 41.0 Å². The Kier molecular flexibility index (Phi) is 8.11. The summed E-state index contributed by atoms with van der Waals surface area (Å²) in [7, 11) is 3.54. The van der Waals surface area contributed by atoms with Crippen LogP contribution in [0, 0.1) is 5.92 Å². The van der Waals surface area contributed by atoms with Gasteiger partial charge in [-0.05, 0) is 50.8 Å². The highest BCUT2D eigenvalue weighted by atomic mass is 16.2. The van der Waals surface area contributed by atoms with Crippen LogP contribution in [0.25, 0.3) is 11.1 Å². The molecule has 1 aliphatic carbocycles. The number of nitrogens with zero attached hydrogens (tertiary/aromatic N) is 8. The fraction of sp³-hybridized carbons (Fsp3) is 0.389. The van der Waals surface area contributed by atoms with Gasteiger partial charge in [-0.15, -0.1) is 10.2 Å². The first kappa shape index (κ1) is 32.4. The summed E-state index contributed by atoms with van der Waals surface area (Å²) in [6.07, 6.45) is 5.55. The zero-order valence-corrected chi connectivity index (χ0v) is 28.7. The van der Waals surface area contributed by atoms with Crippen LogP contribution < -0.4 is 20.9 Å². The number of hydrogen-bond donors (Lipinski definition) is 3. The molecule has 3 N–H and O–H groups in total. The van der Waals surface area contributed by atoms with Gasteiger partial charge >= 0.3 is 0 Å². The molecule has 1 atom stereocenters. The summed E-state index contributed by atoms with van der Waals surface area (Å²) in [5.41, 5.74) is 5.73. The molecule has 8 rings (SSSR count). The number of amides is 4. The number of likely N-dealkylation sites (tertiary alicyclic amines) is 2. The van der Waals surface area contributed by atoms with Crippen LogP contribution in [0.15, 0.2) is 48.7 Å². The molecule has 4 aliphatic rings. The summed E-state index contributed by atoms with van der Waals surface area (Å²) in [6.45, 7) is 4.50. The van der Waals surface area contributed by atoms with Crippen molar-refractivity contribution < 1.29 is 19.2 Å². The zero-order valence-electron chi connectivity index (χ0n) is 28.7. The van der Waals surface area contributed by atoms with E-state index in [2.05, 4.69) is 43.0 Å². The summed E-state index contributed by atoms with van der Waals surface area (Å²) >= 11 is 0. The van der Waals surface area contributed by atoms with Crippen molar-refractivity contribution in [1.82, 2.24) is 40.1 Å². The Morgan fingerprint density at radius 2 is 1.57 bits per heavy atom. The molecule has 15 nitrogen and oxygen atoms in total. The Balaban J connectivity index is 1.03. The summed E-state index contributed by atoms with van der Waals surface area (Å²) in [5.74, 6) is -0.590. The molecule has 0 bridgehead atoms. The van der Waals surface area contributed by atoms with Crippen LogP contribution in [0.2, 0.25) is 0 Å². The number of benzene rings is 1. The van der Waals surface area contributed by atoms with Crippen LogP contribution in [-0.4, -0.2) is 98.7 Å². The number of pyridine rings is 1. The maximum atomic E-state index is 13.4. The molecule has 4 aromatic rings. The van der Waals surface area contributed by atoms with Crippen molar-refractivity contribution in [1.29, 1.82) is 0 Å². The van der Waals surface area contributed by atoms with Crippen molar-refractivity contribution in [3.8, 4) is 11.1 Å². The Hall–Kier alpha value is -5.86. The molecule has 0 spiro atoms. The number of carbonyl (C=O) groups is 4. The lowest BCUT2D eigenvalue weighted by Gasteiger charge is -2.42. The molecule has 3 fully saturated rings. The number of anilines is 4. The summed E-state index contributed by atoms with van der Waals surface area (Å²) in [5, 5.41) is 21.9. The number of nitrogens with one attached hydrogen (secondary N) is 3. The first-order valence-corrected chi connectivity index (χ1v) is 17.4. The third-order valence-corrected chi connectivity index (χ3v) is 10.3. The van der Waals surface area contributed by atoms with Gasteiger partial charge in [-0.1, -0.05) is 18.2 Å². The second-order valence-electron chi connectivity index (χ2n) is 13.6. The maximum absolute atomic E-state index is 13.4. The molecule has 262 valence electrons. The lowest BCUT2D eigenvalue weighted by atomic mass is 9.93. The van der Waals surface area contributed by atoms with Gasteiger partial charge in [0.1, 0.15) is 11.4 Å². The van der Waals surface area contributed by atoms with Gasteiger partial charge in [0.15, 0.2) is 11.5 Å². The van der Waals surface area contributed by atoms with E-state index in [0.29, 0.717) is 24.5 Å². The summed E-state index contributed by atoms with van der Waals surface area (Å²) in [6, 6.07) is 12.5. The Morgan fingerprint density at radius 1 is 0.863 bits per heavy atom. The minimum absolute atomic E-state index is 0.0118. The molecule has 1 aromatic carbocycles. The average Bonchev–Trinajstić information content (AvgIpc) is 3.66. The van der Waals surface area contributed by atoms with E-state index in [0.717, 1.165) is 67.0 Å². The number of carbonyl (C=O) groups excluding carboxylic acids is 4. The average molecular weight is 690 g/mol. The minimum atomic E-state index is -0.410. The molecule has 15 heteroatoms. The second-order valence-corrected chi connectivity index (χ2v) is 13.6. The summed E-state index contributed by atoms with van der Waals surface area (Å²) in [4.78, 5) is 61.7. The first-order chi connectivity index (χ1) is 24.7. The lowest BCUT2D eigenvalue weighted by molar-refractivity contribution is -0.117. The number of aromatic nitrogens is 5. The van der Waals surface area contributed by atoms with E-state index >= 15 is 0 Å².